The number of fused-ring (bicyclic) bond motifs is 1. The summed E-state index contributed by atoms with van der Waals surface area (Å²) in [5, 5.41) is 2.48. The zero-order valence-corrected chi connectivity index (χ0v) is 15.7. The number of hydrogen-bond acceptors (Lipinski definition) is 5. The third-order valence-electron chi connectivity index (χ3n) is 3.32. The van der Waals surface area contributed by atoms with Crippen molar-refractivity contribution in [1.29, 1.82) is 0 Å². The van der Waals surface area contributed by atoms with Crippen LogP contribution in [0, 0.1) is 5.82 Å². The van der Waals surface area contributed by atoms with Crippen molar-refractivity contribution in [3.8, 4) is 0 Å². The van der Waals surface area contributed by atoms with Gasteiger partial charge in [-0.1, -0.05) is 17.4 Å². The number of halogens is 2. The molecule has 4 nitrogen and oxygen atoms in total. The van der Waals surface area contributed by atoms with Crippen molar-refractivity contribution in [3.63, 3.8) is 0 Å². The average Bonchev–Trinajstić information content (AvgIpc) is 3.15. The van der Waals surface area contributed by atoms with E-state index in [2.05, 4.69) is 4.98 Å². The maximum Gasteiger partial charge on any atom is 0.270 e. The van der Waals surface area contributed by atoms with Crippen molar-refractivity contribution < 1.29 is 9.18 Å². The predicted molar refractivity (Wildman–Crippen MR) is 101 cm³/mol. The van der Waals surface area contributed by atoms with E-state index < -0.39 is 0 Å². The number of anilines is 1. The molecule has 3 rings (SSSR count). The Morgan fingerprint density at radius 3 is 2.71 bits per heavy atom. The van der Waals surface area contributed by atoms with Gasteiger partial charge in [0.05, 0.1) is 15.1 Å². The number of hydrogen-bond donors (Lipinski definition) is 0. The molecular formula is C16H17ClFN3OS2. The van der Waals surface area contributed by atoms with Crippen LogP contribution in [-0.2, 0) is 0 Å². The van der Waals surface area contributed by atoms with Crippen molar-refractivity contribution >= 4 is 56.3 Å². The summed E-state index contributed by atoms with van der Waals surface area (Å²) >= 11 is 2.75. The molecule has 2 aromatic heterocycles. The van der Waals surface area contributed by atoms with E-state index in [-0.39, 0.29) is 24.1 Å². The van der Waals surface area contributed by atoms with Crippen molar-refractivity contribution in [2.45, 2.75) is 0 Å². The minimum absolute atomic E-state index is 0. The number of benzene rings is 1. The zero-order valence-electron chi connectivity index (χ0n) is 13.2. The van der Waals surface area contributed by atoms with Crippen molar-refractivity contribution in [1.82, 2.24) is 9.88 Å². The summed E-state index contributed by atoms with van der Waals surface area (Å²) in [6.45, 7) is 1.26. The van der Waals surface area contributed by atoms with Crippen LogP contribution in [0.5, 0.6) is 0 Å². The number of rotatable bonds is 5. The molecule has 128 valence electrons. The van der Waals surface area contributed by atoms with Gasteiger partial charge in [-0.2, -0.15) is 0 Å². The second kappa shape index (κ2) is 8.02. The molecule has 0 saturated carbocycles. The molecule has 0 spiro atoms. The van der Waals surface area contributed by atoms with E-state index in [4.69, 9.17) is 0 Å². The smallest absolute Gasteiger partial charge is 0.270 e. The summed E-state index contributed by atoms with van der Waals surface area (Å²) in [5.41, 5.74) is 0.709. The first kappa shape index (κ1) is 18.8. The average molecular weight is 386 g/mol. The topological polar surface area (TPSA) is 36.4 Å². The molecule has 1 aromatic carbocycles. The molecule has 8 heteroatoms. The number of nitrogens with zero attached hydrogens (tertiary/aromatic N) is 3. The third kappa shape index (κ3) is 4.10. The van der Waals surface area contributed by atoms with E-state index in [1.165, 1.54) is 34.8 Å². The number of amides is 1. The lowest BCUT2D eigenvalue weighted by atomic mass is 10.3. The van der Waals surface area contributed by atoms with Gasteiger partial charge in [-0.25, -0.2) is 9.37 Å². The second-order valence-corrected chi connectivity index (χ2v) is 7.30. The lowest BCUT2D eigenvalue weighted by Crippen LogP contribution is -2.36. The molecule has 2 heterocycles. The SMILES string of the molecule is CN(C)CCN(C(=O)c1cccs1)c1nc2ccc(F)cc2s1.Cl. The van der Waals surface area contributed by atoms with Crippen LogP contribution in [0.4, 0.5) is 9.52 Å². The predicted octanol–water partition coefficient (Wildman–Crippen LogP) is 4.13. The number of likely N-dealkylation sites (N-methyl/N-ethyl adjacent to an activating group) is 1. The first-order valence-corrected chi connectivity index (χ1v) is 8.80. The fraction of sp³-hybridized carbons (Fsp3) is 0.250. The Kier molecular flexibility index (Phi) is 6.28. The van der Waals surface area contributed by atoms with Crippen LogP contribution in [0.1, 0.15) is 9.67 Å². The molecular weight excluding hydrogens is 369 g/mol. The fourth-order valence-electron chi connectivity index (χ4n) is 2.12. The summed E-state index contributed by atoms with van der Waals surface area (Å²) in [7, 11) is 3.92. The number of carbonyl (C=O) groups excluding carboxylic acids is 1. The Labute approximate surface area is 153 Å². The summed E-state index contributed by atoms with van der Waals surface area (Å²) in [6.07, 6.45) is 0. The number of thiophene rings is 1. The highest BCUT2D eigenvalue weighted by Gasteiger charge is 2.22. The van der Waals surface area contributed by atoms with Crippen molar-refractivity contribution in [2.75, 3.05) is 32.1 Å². The standard InChI is InChI=1S/C16H16FN3OS2.ClH/c1-19(2)7-8-20(15(21)13-4-3-9-22-13)16-18-12-6-5-11(17)10-14(12)23-16;/h3-6,9-10H,7-8H2,1-2H3;1H. The van der Waals surface area contributed by atoms with Crippen LogP contribution in [0.25, 0.3) is 10.2 Å². The van der Waals surface area contributed by atoms with E-state index in [0.717, 1.165) is 11.2 Å². The molecule has 0 fully saturated rings. The van der Waals surface area contributed by atoms with Crippen molar-refractivity contribution in [3.05, 3.63) is 46.4 Å². The van der Waals surface area contributed by atoms with Gasteiger partial charge in [-0.05, 0) is 43.7 Å². The minimum atomic E-state index is -0.294. The van der Waals surface area contributed by atoms with Gasteiger partial charge in [0.2, 0.25) is 0 Å². The largest absolute Gasteiger partial charge is 0.308 e. The van der Waals surface area contributed by atoms with Gasteiger partial charge in [0.1, 0.15) is 5.82 Å². The summed E-state index contributed by atoms with van der Waals surface area (Å²) in [5.74, 6) is -0.362. The molecule has 0 unspecified atom stereocenters. The number of carbonyl (C=O) groups is 1. The van der Waals surface area contributed by atoms with E-state index >= 15 is 0 Å². The van der Waals surface area contributed by atoms with Gasteiger partial charge < -0.3 is 4.90 Å². The van der Waals surface area contributed by atoms with E-state index in [9.17, 15) is 9.18 Å². The first-order valence-electron chi connectivity index (χ1n) is 7.11. The molecule has 0 aliphatic carbocycles. The zero-order chi connectivity index (χ0) is 16.4. The summed E-state index contributed by atoms with van der Waals surface area (Å²) < 4.78 is 14.1. The van der Waals surface area contributed by atoms with Crippen LogP contribution >= 0.6 is 35.1 Å². The van der Waals surface area contributed by atoms with E-state index in [0.29, 0.717) is 22.1 Å². The normalized spacial score (nSPS) is 10.8. The van der Waals surface area contributed by atoms with Crippen LogP contribution in [-0.4, -0.2) is 43.0 Å². The Hall–Kier alpha value is -1.54. The highest BCUT2D eigenvalue weighted by Crippen LogP contribution is 2.30. The van der Waals surface area contributed by atoms with Gasteiger partial charge in [-0.15, -0.1) is 23.7 Å². The minimum Gasteiger partial charge on any atom is -0.308 e. The molecule has 0 atom stereocenters. The Balaban J connectivity index is 0.00000208. The fourth-order valence-corrected chi connectivity index (χ4v) is 3.81. The molecule has 0 bridgehead atoms. The number of aromatic nitrogens is 1. The molecule has 0 radical (unpaired) electrons. The van der Waals surface area contributed by atoms with E-state index in [1.54, 1.807) is 11.0 Å². The maximum absolute atomic E-state index is 13.4. The van der Waals surface area contributed by atoms with Crippen LogP contribution in [0.15, 0.2) is 35.7 Å². The third-order valence-corrected chi connectivity index (χ3v) is 5.22. The first-order chi connectivity index (χ1) is 11.0. The molecule has 0 aliphatic heterocycles. The van der Waals surface area contributed by atoms with Gasteiger partial charge in [0.25, 0.3) is 5.91 Å². The monoisotopic (exact) mass is 385 g/mol. The van der Waals surface area contributed by atoms with Crippen LogP contribution < -0.4 is 4.90 Å². The van der Waals surface area contributed by atoms with Gasteiger partial charge in [-0.3, -0.25) is 9.69 Å². The Bertz CT molecular complexity index is 820. The van der Waals surface area contributed by atoms with Gasteiger partial charge in [0, 0.05) is 13.1 Å². The van der Waals surface area contributed by atoms with E-state index in [1.807, 2.05) is 36.5 Å². The van der Waals surface area contributed by atoms with Crippen LogP contribution in [0.3, 0.4) is 0 Å². The van der Waals surface area contributed by atoms with Gasteiger partial charge >= 0.3 is 0 Å². The molecule has 0 aliphatic rings. The molecule has 24 heavy (non-hydrogen) atoms. The highest BCUT2D eigenvalue weighted by molar-refractivity contribution is 7.22. The quantitative estimate of drug-likeness (QED) is 0.662. The van der Waals surface area contributed by atoms with Crippen molar-refractivity contribution in [2.24, 2.45) is 0 Å². The lowest BCUT2D eigenvalue weighted by molar-refractivity contribution is 0.0989. The second-order valence-electron chi connectivity index (χ2n) is 5.35. The Morgan fingerprint density at radius 2 is 2.04 bits per heavy atom. The van der Waals surface area contributed by atoms with Gasteiger partial charge in [0.15, 0.2) is 5.13 Å². The molecule has 0 saturated heterocycles. The Morgan fingerprint density at radius 1 is 1.25 bits per heavy atom. The maximum atomic E-state index is 13.4. The highest BCUT2D eigenvalue weighted by atomic mass is 35.5. The molecule has 0 N–H and O–H groups in total. The lowest BCUT2D eigenvalue weighted by Gasteiger charge is -2.21. The number of thiazole rings is 1. The molecule has 1 amide bonds. The summed E-state index contributed by atoms with van der Waals surface area (Å²) in [6, 6.07) is 8.15. The molecule has 3 aromatic rings. The van der Waals surface area contributed by atoms with Crippen LogP contribution in [0.2, 0.25) is 0 Å². The summed E-state index contributed by atoms with van der Waals surface area (Å²) in [4.78, 5) is 21.6.